The zero-order valence-corrected chi connectivity index (χ0v) is 12.2. The Morgan fingerprint density at radius 3 is 2.76 bits per heavy atom. The van der Waals surface area contributed by atoms with Gasteiger partial charge in [0.1, 0.15) is 5.75 Å². The molecule has 0 radical (unpaired) electrons. The average Bonchev–Trinajstić information content (AvgIpc) is 3.11. The molecule has 5 heteroatoms. The minimum atomic E-state index is -0.396. The monoisotopic (exact) mass is 299 g/mol. The number of methoxy groups -OCH3 is 1. The van der Waals surface area contributed by atoms with E-state index in [-0.39, 0.29) is 0 Å². The number of hydrogen-bond donors (Lipinski definition) is 0. The topological polar surface area (TPSA) is 47.9 Å². The number of ether oxygens (including phenoxy) is 2. The van der Waals surface area contributed by atoms with Crippen molar-refractivity contribution in [3.05, 3.63) is 57.9 Å². The van der Waals surface area contributed by atoms with E-state index in [4.69, 9.17) is 9.47 Å². The highest BCUT2D eigenvalue weighted by atomic mass is 32.1. The zero-order chi connectivity index (χ0) is 14.7. The molecular weight excluding hydrogens is 286 g/mol. The van der Waals surface area contributed by atoms with E-state index in [0.29, 0.717) is 18.0 Å². The van der Waals surface area contributed by atoms with E-state index in [1.165, 1.54) is 0 Å². The molecule has 0 spiro atoms. The van der Waals surface area contributed by atoms with E-state index >= 15 is 0 Å². The smallest absolute Gasteiger partial charge is 0.363 e. The highest BCUT2D eigenvalue weighted by molar-refractivity contribution is 7.10. The molecule has 1 aliphatic heterocycles. The maximum absolute atomic E-state index is 11.8. The van der Waals surface area contributed by atoms with Crippen molar-refractivity contribution in [2.24, 2.45) is 4.99 Å². The minimum Gasteiger partial charge on any atom is -0.497 e. The van der Waals surface area contributed by atoms with Crippen molar-refractivity contribution in [1.82, 2.24) is 0 Å². The number of nitrogens with zero attached hydrogens (tertiary/aromatic N) is 1. The van der Waals surface area contributed by atoms with Crippen LogP contribution in [0.2, 0.25) is 0 Å². The molecule has 1 aromatic carbocycles. The molecular formula is C16H13NO3S. The molecule has 4 nitrogen and oxygen atoms in total. The molecule has 0 aliphatic carbocycles. The Morgan fingerprint density at radius 2 is 2.10 bits per heavy atom. The van der Waals surface area contributed by atoms with Crippen molar-refractivity contribution in [1.29, 1.82) is 0 Å². The lowest BCUT2D eigenvalue weighted by molar-refractivity contribution is -0.130. The van der Waals surface area contributed by atoms with Gasteiger partial charge in [0.15, 0.2) is 5.70 Å². The van der Waals surface area contributed by atoms with Gasteiger partial charge in [0.05, 0.1) is 7.11 Å². The van der Waals surface area contributed by atoms with Gasteiger partial charge in [-0.2, -0.15) is 0 Å². The fraction of sp³-hybridized carbons (Fsp3) is 0.125. The minimum absolute atomic E-state index is 0.348. The van der Waals surface area contributed by atoms with Gasteiger partial charge in [-0.05, 0) is 35.2 Å². The van der Waals surface area contributed by atoms with Crippen molar-refractivity contribution in [2.75, 3.05) is 7.11 Å². The summed E-state index contributed by atoms with van der Waals surface area (Å²) in [6.45, 7) is 0. The third-order valence-electron chi connectivity index (χ3n) is 3.00. The number of thiophene rings is 1. The Morgan fingerprint density at radius 1 is 1.29 bits per heavy atom. The standard InChI is InChI=1S/C16H13NO3S/c1-19-12-6-4-11(5-7-12)9-15-17-14(16(18)20-15)10-13-3-2-8-21-13/h2-8,10H,9H2,1H3/b14-10+. The van der Waals surface area contributed by atoms with Gasteiger partial charge < -0.3 is 9.47 Å². The van der Waals surface area contributed by atoms with Crippen molar-refractivity contribution >= 4 is 29.3 Å². The van der Waals surface area contributed by atoms with Crippen molar-refractivity contribution in [3.8, 4) is 5.75 Å². The summed E-state index contributed by atoms with van der Waals surface area (Å²) in [4.78, 5) is 17.0. The molecule has 21 heavy (non-hydrogen) atoms. The van der Waals surface area contributed by atoms with Gasteiger partial charge in [-0.25, -0.2) is 9.79 Å². The molecule has 1 aromatic heterocycles. The van der Waals surface area contributed by atoms with Gasteiger partial charge in [-0.15, -0.1) is 11.3 Å². The Labute approximate surface area is 126 Å². The first-order chi connectivity index (χ1) is 10.2. The first-order valence-electron chi connectivity index (χ1n) is 6.42. The van der Waals surface area contributed by atoms with Gasteiger partial charge in [-0.1, -0.05) is 18.2 Å². The second kappa shape index (κ2) is 5.93. The second-order valence-corrected chi connectivity index (χ2v) is 5.44. The molecule has 0 unspecified atom stereocenters. The van der Waals surface area contributed by atoms with Crippen LogP contribution in [0, 0.1) is 0 Å². The molecule has 106 valence electrons. The Balaban J connectivity index is 1.75. The Hall–Kier alpha value is -2.40. The summed E-state index contributed by atoms with van der Waals surface area (Å²) >= 11 is 1.55. The van der Waals surface area contributed by atoms with E-state index in [2.05, 4.69) is 4.99 Å². The number of cyclic esters (lactones) is 1. The van der Waals surface area contributed by atoms with E-state index in [1.807, 2.05) is 41.8 Å². The van der Waals surface area contributed by atoms with Crippen LogP contribution in [0.15, 0.2) is 52.5 Å². The third kappa shape index (κ3) is 3.20. The van der Waals surface area contributed by atoms with Crippen molar-refractivity contribution in [2.45, 2.75) is 6.42 Å². The lowest BCUT2D eigenvalue weighted by Crippen LogP contribution is -2.06. The summed E-state index contributed by atoms with van der Waals surface area (Å²) in [5, 5.41) is 1.95. The fourth-order valence-corrected chi connectivity index (χ4v) is 2.61. The summed E-state index contributed by atoms with van der Waals surface area (Å²) in [5.74, 6) is 0.822. The molecule has 3 rings (SSSR count). The largest absolute Gasteiger partial charge is 0.497 e. The summed E-state index contributed by atoms with van der Waals surface area (Å²) < 4.78 is 10.3. The summed E-state index contributed by atoms with van der Waals surface area (Å²) in [5.41, 5.74) is 1.36. The number of aliphatic imine (C=N–C) groups is 1. The van der Waals surface area contributed by atoms with E-state index < -0.39 is 5.97 Å². The van der Waals surface area contributed by atoms with Crippen molar-refractivity contribution < 1.29 is 14.3 Å². The number of rotatable bonds is 4. The van der Waals surface area contributed by atoms with Gasteiger partial charge in [0.2, 0.25) is 5.90 Å². The molecule has 0 N–H and O–H groups in total. The van der Waals surface area contributed by atoms with Gasteiger partial charge in [-0.3, -0.25) is 0 Å². The molecule has 0 bridgehead atoms. The molecule has 0 fully saturated rings. The average molecular weight is 299 g/mol. The van der Waals surface area contributed by atoms with Gasteiger partial charge in [0.25, 0.3) is 0 Å². The van der Waals surface area contributed by atoms with Crippen LogP contribution in [0.25, 0.3) is 6.08 Å². The summed E-state index contributed by atoms with van der Waals surface area (Å²) in [6, 6.07) is 11.5. The Kier molecular flexibility index (Phi) is 3.83. The zero-order valence-electron chi connectivity index (χ0n) is 11.4. The van der Waals surface area contributed by atoms with Crippen LogP contribution in [0.4, 0.5) is 0 Å². The Bertz CT molecular complexity index is 700. The third-order valence-corrected chi connectivity index (χ3v) is 3.82. The maximum atomic E-state index is 11.8. The highest BCUT2D eigenvalue weighted by Crippen LogP contribution is 2.20. The molecule has 0 atom stereocenters. The second-order valence-electron chi connectivity index (χ2n) is 4.46. The van der Waals surface area contributed by atoms with E-state index in [9.17, 15) is 4.79 Å². The number of carbonyl (C=O) groups is 1. The predicted molar refractivity (Wildman–Crippen MR) is 82.5 cm³/mol. The predicted octanol–water partition coefficient (Wildman–Crippen LogP) is 3.30. The van der Waals surface area contributed by atoms with Crippen LogP contribution < -0.4 is 4.74 Å². The first-order valence-corrected chi connectivity index (χ1v) is 7.30. The maximum Gasteiger partial charge on any atom is 0.363 e. The van der Waals surface area contributed by atoms with Crippen LogP contribution in [-0.2, 0) is 16.0 Å². The molecule has 2 heterocycles. The van der Waals surface area contributed by atoms with Crippen LogP contribution in [0.5, 0.6) is 5.75 Å². The number of carbonyl (C=O) groups excluding carboxylic acids is 1. The number of hydrogen-bond acceptors (Lipinski definition) is 5. The quantitative estimate of drug-likeness (QED) is 0.643. The molecule has 2 aromatic rings. The normalized spacial score (nSPS) is 16.0. The van der Waals surface area contributed by atoms with Crippen LogP contribution in [0.3, 0.4) is 0 Å². The lowest BCUT2D eigenvalue weighted by atomic mass is 10.1. The van der Waals surface area contributed by atoms with E-state index in [1.54, 1.807) is 24.5 Å². The van der Waals surface area contributed by atoms with Crippen LogP contribution in [0.1, 0.15) is 10.4 Å². The molecule has 0 saturated carbocycles. The van der Waals surface area contributed by atoms with Crippen LogP contribution >= 0.6 is 11.3 Å². The number of benzene rings is 1. The first kappa shape index (κ1) is 13.6. The summed E-state index contributed by atoms with van der Waals surface area (Å²) in [7, 11) is 1.62. The van der Waals surface area contributed by atoms with E-state index in [0.717, 1.165) is 16.2 Å². The SMILES string of the molecule is COc1ccc(CC2=N/C(=C/c3cccs3)C(=O)O2)cc1. The molecule has 0 amide bonds. The number of esters is 1. The molecule has 1 aliphatic rings. The fourth-order valence-electron chi connectivity index (χ4n) is 1.96. The summed E-state index contributed by atoms with van der Waals surface area (Å²) in [6.07, 6.45) is 2.23. The molecule has 0 saturated heterocycles. The van der Waals surface area contributed by atoms with Gasteiger partial charge in [0, 0.05) is 11.3 Å². The highest BCUT2D eigenvalue weighted by Gasteiger charge is 2.23. The van der Waals surface area contributed by atoms with Crippen LogP contribution in [-0.4, -0.2) is 19.0 Å². The van der Waals surface area contributed by atoms with Gasteiger partial charge >= 0.3 is 5.97 Å². The van der Waals surface area contributed by atoms with Crippen molar-refractivity contribution in [3.63, 3.8) is 0 Å². The lowest BCUT2D eigenvalue weighted by Gasteiger charge is -2.02.